The van der Waals surface area contributed by atoms with E-state index in [0.29, 0.717) is 9.95 Å². The highest BCUT2D eigenvalue weighted by molar-refractivity contribution is 7.52. The van der Waals surface area contributed by atoms with Gasteiger partial charge in [-0.25, -0.2) is 13.8 Å². The molecule has 4 rings (SSSR count). The number of H-pyrrole nitrogens is 1. The van der Waals surface area contributed by atoms with Gasteiger partial charge in [0.2, 0.25) is 0 Å². The van der Waals surface area contributed by atoms with E-state index in [9.17, 15) is 24.1 Å². The van der Waals surface area contributed by atoms with Gasteiger partial charge in [-0.3, -0.25) is 23.7 Å². The zero-order chi connectivity index (χ0) is 30.1. The smallest absolute Gasteiger partial charge is 0.459 e. The first kappa shape index (κ1) is 25.9. The SMILES string of the molecule is [2H]c1c([2H])n([C@@H]2O[C@H](COP(=O)(NC(C)C(=O)OCC)Oc3cccc4ccccc34)[C@@H](O)[C@@]2(C)F)c(=O)[nH]c1=O. The van der Waals surface area contributed by atoms with Crippen molar-refractivity contribution in [2.75, 3.05) is 13.2 Å². The van der Waals surface area contributed by atoms with Gasteiger partial charge in [-0.1, -0.05) is 36.4 Å². The Morgan fingerprint density at radius 2 is 2.05 bits per heavy atom. The van der Waals surface area contributed by atoms with Gasteiger partial charge in [0.15, 0.2) is 11.9 Å². The number of nitrogens with one attached hydrogen (secondary N) is 2. The molecule has 1 fully saturated rings. The summed E-state index contributed by atoms with van der Waals surface area (Å²) in [5.41, 5.74) is -5.10. The molecule has 2 aromatic carbocycles. The second kappa shape index (κ2) is 11.4. The van der Waals surface area contributed by atoms with Crippen molar-refractivity contribution in [2.45, 2.75) is 50.9 Å². The maximum atomic E-state index is 15.7. The minimum atomic E-state index is -4.47. The zero-order valence-corrected chi connectivity index (χ0v) is 22.1. The van der Waals surface area contributed by atoms with Crippen molar-refractivity contribution in [3.05, 3.63) is 75.5 Å². The first-order valence-corrected chi connectivity index (χ1v) is 13.5. The predicted octanol–water partition coefficient (Wildman–Crippen LogP) is 2.42. The lowest BCUT2D eigenvalue weighted by molar-refractivity contribution is -0.144. The molecule has 3 N–H and O–H groups in total. The number of carbonyl (C=O) groups excluding carboxylic acids is 1. The summed E-state index contributed by atoms with van der Waals surface area (Å²) in [7, 11) is -4.47. The number of benzene rings is 2. The van der Waals surface area contributed by atoms with Gasteiger partial charge >= 0.3 is 19.4 Å². The second-order valence-corrected chi connectivity index (χ2v) is 10.6. The molecule has 0 bridgehead atoms. The minimum absolute atomic E-state index is 0.0565. The molecule has 1 aromatic heterocycles. The topological polar surface area (TPSA) is 158 Å². The van der Waals surface area contributed by atoms with E-state index in [1.807, 2.05) is 0 Å². The summed E-state index contributed by atoms with van der Waals surface area (Å²) in [4.78, 5) is 38.1. The Labute approximate surface area is 225 Å². The van der Waals surface area contributed by atoms with Crippen molar-refractivity contribution in [1.82, 2.24) is 14.6 Å². The summed E-state index contributed by atoms with van der Waals surface area (Å²) in [6.45, 7) is 3.15. The number of rotatable bonds is 10. The number of alkyl halides is 1. The molecule has 3 aromatic rings. The van der Waals surface area contributed by atoms with E-state index in [4.69, 9.17) is 21.3 Å². The molecule has 14 heteroatoms. The van der Waals surface area contributed by atoms with Crippen LogP contribution in [0.1, 0.15) is 29.7 Å². The van der Waals surface area contributed by atoms with E-state index in [2.05, 4.69) is 5.09 Å². The molecule has 1 saturated heterocycles. The number of nitrogens with zero attached hydrogens (tertiary/aromatic N) is 1. The number of aromatic nitrogens is 2. The molecule has 0 aliphatic carbocycles. The lowest BCUT2D eigenvalue weighted by Gasteiger charge is -2.25. The fourth-order valence-electron chi connectivity index (χ4n) is 4.07. The zero-order valence-electron chi connectivity index (χ0n) is 23.3. The van der Waals surface area contributed by atoms with E-state index < -0.39 is 73.9 Å². The largest absolute Gasteiger partial charge is 0.465 e. The van der Waals surface area contributed by atoms with E-state index in [1.54, 1.807) is 48.3 Å². The number of fused-ring (bicyclic) bond motifs is 1. The molecule has 2 heterocycles. The minimum Gasteiger partial charge on any atom is -0.465 e. The van der Waals surface area contributed by atoms with Crippen LogP contribution < -0.4 is 20.9 Å². The van der Waals surface area contributed by atoms with Crippen LogP contribution in [0, 0.1) is 0 Å². The van der Waals surface area contributed by atoms with Gasteiger partial charge in [-0.2, -0.15) is 5.09 Å². The maximum absolute atomic E-state index is 15.7. The number of carbonyl (C=O) groups is 1. The standard InChI is InChI=1S/C25H29FN3O9P/c1-4-35-22(32)15(2)28-39(34,38-18-11-7-9-16-8-5-6-10-17(16)18)36-14-19-21(31)25(3,26)23(37-19)29-13-12-20(30)27-24(29)33/h5-13,15,19,21,23,31H,4,14H2,1-3H3,(H,28,34)(H,27,30,33)/t15?,19-,21-,23-,25-,39?/m1/s1/i12D,13D. The Kier molecular flexibility index (Phi) is 7.58. The predicted molar refractivity (Wildman–Crippen MR) is 138 cm³/mol. The molecular formula is C25H29FN3O9P. The molecule has 6 atom stereocenters. The van der Waals surface area contributed by atoms with Gasteiger partial charge in [0.05, 0.1) is 16.0 Å². The number of hydrogen-bond donors (Lipinski definition) is 3. The van der Waals surface area contributed by atoms with Gasteiger partial charge in [0, 0.05) is 17.6 Å². The van der Waals surface area contributed by atoms with Crippen LogP contribution in [0.5, 0.6) is 5.75 Å². The van der Waals surface area contributed by atoms with E-state index >= 15 is 4.39 Å². The molecule has 0 saturated carbocycles. The highest BCUT2D eigenvalue weighted by Gasteiger charge is 2.56. The Balaban J connectivity index is 1.63. The number of hydrogen-bond acceptors (Lipinski definition) is 9. The number of ether oxygens (including phenoxy) is 2. The molecule has 0 amide bonds. The molecule has 0 radical (unpaired) electrons. The molecule has 12 nitrogen and oxygen atoms in total. The molecule has 0 spiro atoms. The summed E-state index contributed by atoms with van der Waals surface area (Å²) in [6.07, 6.45) is -6.42. The van der Waals surface area contributed by atoms with Crippen LogP contribution >= 0.6 is 7.75 Å². The molecule has 210 valence electrons. The van der Waals surface area contributed by atoms with Gasteiger partial charge in [0.1, 0.15) is 24.0 Å². The van der Waals surface area contributed by atoms with Crippen LogP contribution in [-0.4, -0.2) is 57.8 Å². The second-order valence-electron chi connectivity index (χ2n) is 8.95. The van der Waals surface area contributed by atoms with Gasteiger partial charge in [0.25, 0.3) is 5.56 Å². The number of aliphatic hydroxyl groups excluding tert-OH is 1. The Hall–Kier alpha value is -3.35. The van der Waals surface area contributed by atoms with Gasteiger partial charge in [-0.05, 0) is 32.2 Å². The number of aromatic amines is 1. The van der Waals surface area contributed by atoms with E-state index in [-0.39, 0.29) is 12.4 Å². The van der Waals surface area contributed by atoms with Crippen molar-refractivity contribution < 1.29 is 40.1 Å². The highest BCUT2D eigenvalue weighted by atomic mass is 31.2. The number of esters is 1. The van der Waals surface area contributed by atoms with E-state index in [0.717, 1.165) is 12.3 Å². The fourth-order valence-corrected chi connectivity index (χ4v) is 5.59. The van der Waals surface area contributed by atoms with Gasteiger partial charge < -0.3 is 19.1 Å². The van der Waals surface area contributed by atoms with Crippen molar-refractivity contribution in [1.29, 1.82) is 0 Å². The van der Waals surface area contributed by atoms with Crippen molar-refractivity contribution >= 4 is 24.5 Å². The van der Waals surface area contributed by atoms with Crippen LogP contribution in [0.15, 0.2) is 64.3 Å². The van der Waals surface area contributed by atoms with Crippen LogP contribution in [0.4, 0.5) is 4.39 Å². The summed E-state index contributed by atoms with van der Waals surface area (Å²) in [5.74, 6) is -0.615. The molecule has 1 aliphatic heterocycles. The maximum Gasteiger partial charge on any atom is 0.459 e. The first-order chi connectivity index (χ1) is 19.3. The lowest BCUT2D eigenvalue weighted by Crippen LogP contribution is -2.43. The van der Waals surface area contributed by atoms with Crippen LogP contribution in [0.3, 0.4) is 0 Å². The van der Waals surface area contributed by atoms with Gasteiger partial charge in [-0.15, -0.1) is 0 Å². The summed E-state index contributed by atoms with van der Waals surface area (Å²) >= 11 is 0. The third kappa shape index (κ3) is 6.13. The molecule has 39 heavy (non-hydrogen) atoms. The summed E-state index contributed by atoms with van der Waals surface area (Å²) in [5, 5.41) is 14.5. The summed E-state index contributed by atoms with van der Waals surface area (Å²) in [6, 6.07) is 9.95. The van der Waals surface area contributed by atoms with E-state index in [1.165, 1.54) is 13.0 Å². The van der Waals surface area contributed by atoms with Crippen molar-refractivity contribution in [3.63, 3.8) is 0 Å². The third-order valence-electron chi connectivity index (χ3n) is 6.05. The van der Waals surface area contributed by atoms with Crippen LogP contribution in [0.25, 0.3) is 10.8 Å². The molecule has 1 aliphatic rings. The van der Waals surface area contributed by atoms with Crippen molar-refractivity contribution in [3.8, 4) is 5.75 Å². The average Bonchev–Trinajstić information content (AvgIpc) is 3.14. The molecular weight excluding hydrogens is 536 g/mol. The lowest BCUT2D eigenvalue weighted by atomic mass is 9.98. The average molecular weight is 568 g/mol. The van der Waals surface area contributed by atoms with Crippen LogP contribution in [-0.2, 0) is 23.4 Å². The Morgan fingerprint density at radius 1 is 1.33 bits per heavy atom. The highest BCUT2D eigenvalue weighted by Crippen LogP contribution is 2.48. The van der Waals surface area contributed by atoms with Crippen molar-refractivity contribution in [2.24, 2.45) is 0 Å². The molecule has 2 unspecified atom stereocenters. The quantitative estimate of drug-likeness (QED) is 0.245. The Morgan fingerprint density at radius 3 is 2.79 bits per heavy atom. The first-order valence-electron chi connectivity index (χ1n) is 13.0. The third-order valence-corrected chi connectivity index (χ3v) is 7.68. The fraction of sp³-hybridized carbons (Fsp3) is 0.400. The number of aliphatic hydroxyl groups is 1. The normalized spacial score (nSPS) is 25.9. The number of halogens is 1. The monoisotopic (exact) mass is 567 g/mol. The van der Waals surface area contributed by atoms with Crippen LogP contribution in [0.2, 0.25) is 0 Å². The Bertz CT molecular complexity index is 1610. The summed E-state index contributed by atoms with van der Waals surface area (Å²) < 4.78 is 67.6.